The number of pyridine rings is 1. The van der Waals surface area contributed by atoms with Gasteiger partial charge in [0.1, 0.15) is 0 Å². The maximum Gasteiger partial charge on any atom is 0.0708 e. The van der Waals surface area contributed by atoms with E-state index in [1.165, 1.54) is 59.1 Å². The minimum absolute atomic E-state index is 0.100. The Balaban J connectivity index is 0.00000176. The van der Waals surface area contributed by atoms with Gasteiger partial charge < -0.3 is 0 Å². The van der Waals surface area contributed by atoms with E-state index in [4.69, 9.17) is 4.98 Å². The quantitative estimate of drug-likeness (QED) is 0.416. The summed E-state index contributed by atoms with van der Waals surface area (Å²) in [6.45, 7) is 33.0. The Labute approximate surface area is 223 Å². The predicted molar refractivity (Wildman–Crippen MR) is 159 cm³/mol. The van der Waals surface area contributed by atoms with Crippen molar-refractivity contribution >= 4 is 0 Å². The van der Waals surface area contributed by atoms with Crippen LogP contribution in [0.4, 0.5) is 0 Å². The van der Waals surface area contributed by atoms with Crippen LogP contribution in [0.1, 0.15) is 156 Å². The summed E-state index contributed by atoms with van der Waals surface area (Å²) in [6.07, 6.45) is 7.22. The molecule has 0 saturated heterocycles. The third-order valence-electron chi connectivity index (χ3n) is 10.9. The summed E-state index contributed by atoms with van der Waals surface area (Å²) in [7, 11) is 0. The molecule has 0 saturated carbocycles. The zero-order valence-electron chi connectivity index (χ0n) is 26.2. The summed E-state index contributed by atoms with van der Waals surface area (Å²) in [6, 6.07) is 7.53. The van der Waals surface area contributed by atoms with Crippen molar-refractivity contribution in [2.45, 2.75) is 150 Å². The molecule has 1 heterocycles. The first kappa shape index (κ1) is 28.9. The van der Waals surface area contributed by atoms with E-state index in [1.54, 1.807) is 0 Å². The largest absolute Gasteiger partial charge is 0.256 e. The van der Waals surface area contributed by atoms with Gasteiger partial charge in [-0.1, -0.05) is 109 Å². The number of aromatic nitrogens is 1. The van der Waals surface area contributed by atoms with Crippen LogP contribution in [-0.2, 0) is 21.7 Å². The molecule has 1 heteroatoms. The zero-order chi connectivity index (χ0) is 27.5. The van der Waals surface area contributed by atoms with Crippen LogP contribution in [0.2, 0.25) is 0 Å². The highest BCUT2D eigenvalue weighted by Gasteiger charge is 2.57. The lowest BCUT2D eigenvalue weighted by atomic mass is 9.59. The first-order chi connectivity index (χ1) is 16.5. The molecule has 2 aromatic rings. The normalized spacial score (nSPS) is 24.5. The van der Waals surface area contributed by atoms with Gasteiger partial charge in [0.15, 0.2) is 0 Å². The van der Waals surface area contributed by atoms with Gasteiger partial charge in [0.05, 0.1) is 5.69 Å². The van der Waals surface area contributed by atoms with E-state index < -0.39 is 0 Å². The van der Waals surface area contributed by atoms with Crippen LogP contribution in [0.3, 0.4) is 0 Å². The lowest BCUT2D eigenvalue weighted by Gasteiger charge is -2.44. The van der Waals surface area contributed by atoms with Crippen LogP contribution in [0, 0.1) is 5.41 Å². The number of benzene rings is 1. The van der Waals surface area contributed by atoms with Gasteiger partial charge in [-0.05, 0) is 92.2 Å². The minimum Gasteiger partial charge on any atom is -0.256 e. The molecule has 1 unspecified atom stereocenters. The molecule has 2 aliphatic carbocycles. The zero-order valence-corrected chi connectivity index (χ0v) is 26.2. The fourth-order valence-electron chi connectivity index (χ4n) is 7.12. The van der Waals surface area contributed by atoms with Gasteiger partial charge in [-0.3, -0.25) is 4.98 Å². The van der Waals surface area contributed by atoms with Crippen molar-refractivity contribution in [3.63, 3.8) is 0 Å². The van der Waals surface area contributed by atoms with Gasteiger partial charge in [-0.2, -0.15) is 0 Å². The second kappa shape index (κ2) is 9.28. The van der Waals surface area contributed by atoms with Crippen LogP contribution in [0.5, 0.6) is 0 Å². The summed E-state index contributed by atoms with van der Waals surface area (Å²) in [4.78, 5) is 5.19. The van der Waals surface area contributed by atoms with Gasteiger partial charge >= 0.3 is 0 Å². The van der Waals surface area contributed by atoms with Crippen LogP contribution >= 0.6 is 0 Å². The molecule has 36 heavy (non-hydrogen) atoms. The standard InChI is InChI=1S/C33H49N.C2H6/c1-13-14-33(12)16-15-29(4,5)24-19-28(34-20-27(24)33)23-18-26-25(17-22(23)21(2)3)30(6,7)32(10,11)31(26,8)9;1-2/h17-21H,13-16H2,1-12H3;1-2H3. The topological polar surface area (TPSA) is 12.9 Å². The molecule has 0 fully saturated rings. The Kier molecular flexibility index (Phi) is 7.46. The molecule has 2 aliphatic rings. The van der Waals surface area contributed by atoms with Crippen LogP contribution in [-0.4, -0.2) is 4.98 Å². The van der Waals surface area contributed by atoms with E-state index in [0.29, 0.717) is 5.92 Å². The fourth-order valence-corrected chi connectivity index (χ4v) is 7.12. The molecular formula is C35H55N. The maximum absolute atomic E-state index is 5.19. The van der Waals surface area contributed by atoms with Gasteiger partial charge in [0.2, 0.25) is 0 Å². The first-order valence-electron chi connectivity index (χ1n) is 14.7. The second-order valence-corrected chi connectivity index (χ2v) is 14.3. The molecule has 0 N–H and O–H groups in total. The summed E-state index contributed by atoms with van der Waals surface area (Å²) in [5.74, 6) is 0.458. The number of rotatable bonds is 4. The third kappa shape index (κ3) is 4.08. The second-order valence-electron chi connectivity index (χ2n) is 14.3. The van der Waals surface area contributed by atoms with Crippen molar-refractivity contribution in [1.82, 2.24) is 4.98 Å². The van der Waals surface area contributed by atoms with Crippen molar-refractivity contribution < 1.29 is 0 Å². The summed E-state index contributed by atoms with van der Waals surface area (Å²) in [5, 5.41) is 0. The Bertz CT molecular complexity index is 1110. The molecule has 1 aromatic carbocycles. The predicted octanol–water partition coefficient (Wildman–Crippen LogP) is 10.6. The smallest absolute Gasteiger partial charge is 0.0708 e. The highest BCUT2D eigenvalue weighted by molar-refractivity contribution is 5.71. The SMILES string of the molecule is CC.CCCC1(C)CCC(C)(C)c2cc(-c3cc4c(cc3C(C)C)C(C)(C)C(C)(C)C4(C)C)ncc21. The fraction of sp³-hybridized carbons (Fsp3) is 0.686. The molecule has 0 aliphatic heterocycles. The van der Waals surface area contributed by atoms with E-state index in [0.717, 1.165) is 5.69 Å². The molecule has 0 amide bonds. The molecule has 4 rings (SSSR count). The van der Waals surface area contributed by atoms with E-state index in [1.807, 2.05) is 13.8 Å². The molecule has 0 spiro atoms. The number of hydrogen-bond donors (Lipinski definition) is 0. The van der Waals surface area contributed by atoms with Gasteiger partial charge in [0.25, 0.3) is 0 Å². The molecule has 0 bridgehead atoms. The monoisotopic (exact) mass is 489 g/mol. The van der Waals surface area contributed by atoms with Crippen molar-refractivity contribution in [1.29, 1.82) is 0 Å². The third-order valence-corrected chi connectivity index (χ3v) is 10.9. The van der Waals surface area contributed by atoms with Crippen molar-refractivity contribution in [3.8, 4) is 11.3 Å². The lowest BCUT2D eigenvalue weighted by molar-refractivity contribution is 0.125. The van der Waals surface area contributed by atoms with Crippen molar-refractivity contribution in [2.75, 3.05) is 0 Å². The average Bonchev–Trinajstić information content (AvgIpc) is 2.91. The van der Waals surface area contributed by atoms with Crippen LogP contribution in [0.15, 0.2) is 24.4 Å². The van der Waals surface area contributed by atoms with Crippen LogP contribution < -0.4 is 0 Å². The minimum atomic E-state index is 0.100. The summed E-state index contributed by atoms with van der Waals surface area (Å²) in [5.41, 5.74) is 10.8. The molecule has 0 radical (unpaired) electrons. The number of nitrogens with zero attached hydrogens (tertiary/aromatic N) is 1. The van der Waals surface area contributed by atoms with Gasteiger partial charge in [-0.15, -0.1) is 0 Å². The highest BCUT2D eigenvalue weighted by Crippen LogP contribution is 2.62. The van der Waals surface area contributed by atoms with Gasteiger partial charge in [-0.25, -0.2) is 0 Å². The van der Waals surface area contributed by atoms with Crippen molar-refractivity contribution in [3.05, 3.63) is 52.2 Å². The molecule has 1 aromatic heterocycles. The van der Waals surface area contributed by atoms with E-state index in [9.17, 15) is 0 Å². The van der Waals surface area contributed by atoms with E-state index in [-0.39, 0.29) is 27.1 Å². The number of fused-ring (bicyclic) bond motifs is 2. The van der Waals surface area contributed by atoms with Gasteiger partial charge in [0, 0.05) is 11.8 Å². The molecular weight excluding hydrogens is 434 g/mol. The van der Waals surface area contributed by atoms with Crippen LogP contribution in [0.25, 0.3) is 11.3 Å². The Morgan fingerprint density at radius 1 is 0.750 bits per heavy atom. The summed E-state index contributed by atoms with van der Waals surface area (Å²) < 4.78 is 0. The molecule has 200 valence electrons. The highest BCUT2D eigenvalue weighted by atomic mass is 14.7. The first-order valence-corrected chi connectivity index (χ1v) is 14.7. The van der Waals surface area contributed by atoms with E-state index in [2.05, 4.69) is 107 Å². The number of hydrogen-bond acceptors (Lipinski definition) is 1. The van der Waals surface area contributed by atoms with E-state index >= 15 is 0 Å². The lowest BCUT2D eigenvalue weighted by Crippen LogP contribution is -2.42. The Morgan fingerprint density at radius 3 is 1.83 bits per heavy atom. The molecule has 1 atom stereocenters. The summed E-state index contributed by atoms with van der Waals surface area (Å²) >= 11 is 0. The Hall–Kier alpha value is -1.63. The average molecular weight is 490 g/mol. The van der Waals surface area contributed by atoms with Crippen molar-refractivity contribution in [2.24, 2.45) is 5.41 Å². The maximum atomic E-state index is 5.19. The Morgan fingerprint density at radius 2 is 1.31 bits per heavy atom. The molecule has 1 nitrogen and oxygen atoms in total.